The second-order valence-corrected chi connectivity index (χ2v) is 3.99. The predicted molar refractivity (Wildman–Crippen MR) is 56.1 cm³/mol. The number of hydrogen-bond donors (Lipinski definition) is 3. The van der Waals surface area contributed by atoms with Gasteiger partial charge in [-0.3, -0.25) is 0 Å². The Labute approximate surface area is 85.8 Å². The molecule has 4 nitrogen and oxygen atoms in total. The van der Waals surface area contributed by atoms with Gasteiger partial charge in [0, 0.05) is 19.2 Å². The SMILES string of the molecule is C[C@H]1O[C@H](CNCCCO)CC[C@H]1N. The average Bonchev–Trinajstić information content (AvgIpc) is 2.18. The van der Waals surface area contributed by atoms with Gasteiger partial charge >= 0.3 is 0 Å². The Bertz CT molecular complexity index is 155. The molecule has 1 rings (SSSR count). The Morgan fingerprint density at radius 2 is 2.29 bits per heavy atom. The van der Waals surface area contributed by atoms with Crippen LogP contribution in [0, 0.1) is 0 Å². The Hall–Kier alpha value is -0.160. The maximum Gasteiger partial charge on any atom is 0.0704 e. The number of aliphatic hydroxyl groups excluding tert-OH is 1. The van der Waals surface area contributed by atoms with Crippen LogP contribution < -0.4 is 11.1 Å². The van der Waals surface area contributed by atoms with Gasteiger partial charge in [0.1, 0.15) is 0 Å². The Balaban J connectivity index is 2.07. The van der Waals surface area contributed by atoms with Crippen molar-refractivity contribution in [3.05, 3.63) is 0 Å². The molecule has 0 unspecified atom stereocenters. The molecule has 0 saturated carbocycles. The molecule has 0 aromatic carbocycles. The van der Waals surface area contributed by atoms with Crippen LogP contribution in [-0.4, -0.2) is 43.1 Å². The quantitative estimate of drug-likeness (QED) is 0.543. The number of nitrogens with one attached hydrogen (secondary N) is 1. The summed E-state index contributed by atoms with van der Waals surface area (Å²) in [6, 6.07) is 0.198. The van der Waals surface area contributed by atoms with Crippen molar-refractivity contribution in [2.24, 2.45) is 5.73 Å². The lowest BCUT2D eigenvalue weighted by atomic mass is 10.0. The van der Waals surface area contributed by atoms with E-state index in [1.54, 1.807) is 0 Å². The molecule has 1 aliphatic heterocycles. The summed E-state index contributed by atoms with van der Waals surface area (Å²) >= 11 is 0. The molecule has 0 amide bonds. The number of ether oxygens (including phenoxy) is 1. The van der Waals surface area contributed by atoms with E-state index in [1.165, 1.54) is 0 Å². The van der Waals surface area contributed by atoms with Crippen LogP contribution in [-0.2, 0) is 4.74 Å². The maximum absolute atomic E-state index is 8.59. The van der Waals surface area contributed by atoms with E-state index in [-0.39, 0.29) is 18.8 Å². The van der Waals surface area contributed by atoms with Crippen LogP contribution in [0.4, 0.5) is 0 Å². The van der Waals surface area contributed by atoms with Crippen molar-refractivity contribution in [3.8, 4) is 0 Å². The van der Waals surface area contributed by atoms with E-state index in [0.717, 1.165) is 32.4 Å². The van der Waals surface area contributed by atoms with Crippen LogP contribution in [0.5, 0.6) is 0 Å². The molecular formula is C10H22N2O2. The largest absolute Gasteiger partial charge is 0.396 e. The van der Waals surface area contributed by atoms with Crippen LogP contribution in [0.3, 0.4) is 0 Å². The topological polar surface area (TPSA) is 67.5 Å². The van der Waals surface area contributed by atoms with Crippen LogP contribution in [0.25, 0.3) is 0 Å². The van der Waals surface area contributed by atoms with Gasteiger partial charge < -0.3 is 20.9 Å². The second-order valence-electron chi connectivity index (χ2n) is 3.99. The Morgan fingerprint density at radius 3 is 2.93 bits per heavy atom. The first-order chi connectivity index (χ1) is 6.74. The molecule has 1 aliphatic rings. The van der Waals surface area contributed by atoms with Crippen molar-refractivity contribution >= 4 is 0 Å². The zero-order valence-corrected chi connectivity index (χ0v) is 8.91. The van der Waals surface area contributed by atoms with Crippen LogP contribution >= 0.6 is 0 Å². The van der Waals surface area contributed by atoms with Gasteiger partial charge in [0.15, 0.2) is 0 Å². The summed E-state index contributed by atoms with van der Waals surface area (Å²) in [6.07, 6.45) is 3.37. The van der Waals surface area contributed by atoms with E-state index in [4.69, 9.17) is 15.6 Å². The number of rotatable bonds is 5. The summed E-state index contributed by atoms with van der Waals surface area (Å²) in [4.78, 5) is 0. The molecule has 1 saturated heterocycles. The summed E-state index contributed by atoms with van der Waals surface area (Å²) < 4.78 is 5.73. The van der Waals surface area contributed by atoms with E-state index in [1.807, 2.05) is 6.92 Å². The van der Waals surface area contributed by atoms with Crippen LogP contribution in [0.15, 0.2) is 0 Å². The highest BCUT2D eigenvalue weighted by atomic mass is 16.5. The van der Waals surface area contributed by atoms with Gasteiger partial charge in [-0.2, -0.15) is 0 Å². The third-order valence-electron chi connectivity index (χ3n) is 2.72. The first-order valence-electron chi connectivity index (χ1n) is 5.46. The van der Waals surface area contributed by atoms with Gasteiger partial charge in [0.05, 0.1) is 12.2 Å². The first-order valence-corrected chi connectivity index (χ1v) is 5.46. The maximum atomic E-state index is 8.59. The van der Waals surface area contributed by atoms with Gasteiger partial charge in [-0.25, -0.2) is 0 Å². The van der Waals surface area contributed by atoms with Gasteiger partial charge in [-0.1, -0.05) is 0 Å². The van der Waals surface area contributed by atoms with Gasteiger partial charge in [0.25, 0.3) is 0 Å². The van der Waals surface area contributed by atoms with Gasteiger partial charge in [0.2, 0.25) is 0 Å². The lowest BCUT2D eigenvalue weighted by Gasteiger charge is -2.32. The zero-order chi connectivity index (χ0) is 10.4. The molecule has 4 N–H and O–H groups in total. The highest BCUT2D eigenvalue weighted by Crippen LogP contribution is 2.17. The zero-order valence-electron chi connectivity index (χ0n) is 8.91. The summed E-state index contributed by atoms with van der Waals surface area (Å²) in [5.74, 6) is 0. The number of aliphatic hydroxyl groups is 1. The van der Waals surface area contributed by atoms with Crippen molar-refractivity contribution in [2.45, 2.75) is 44.4 Å². The minimum atomic E-state index is 0.174. The third kappa shape index (κ3) is 3.92. The predicted octanol–water partition coefficient (Wildman–Crippen LogP) is -0.147. The molecule has 0 bridgehead atoms. The van der Waals surface area contributed by atoms with Gasteiger partial charge in [-0.15, -0.1) is 0 Å². The van der Waals surface area contributed by atoms with Crippen LogP contribution in [0.2, 0.25) is 0 Å². The fraction of sp³-hybridized carbons (Fsp3) is 1.00. The first kappa shape index (κ1) is 11.9. The standard InChI is InChI=1S/C10H22N2O2/c1-8-10(11)4-3-9(14-8)7-12-5-2-6-13/h8-10,12-13H,2-7,11H2,1H3/t8-,9+,10-/m1/s1. The molecule has 0 spiro atoms. The van der Waals surface area contributed by atoms with Crippen molar-refractivity contribution in [3.63, 3.8) is 0 Å². The Kier molecular flexibility index (Phi) is 5.40. The van der Waals surface area contributed by atoms with E-state index in [0.29, 0.717) is 6.10 Å². The number of hydrogen-bond acceptors (Lipinski definition) is 4. The molecule has 1 fully saturated rings. The highest BCUT2D eigenvalue weighted by Gasteiger charge is 2.24. The number of nitrogens with two attached hydrogens (primary N) is 1. The smallest absolute Gasteiger partial charge is 0.0704 e. The van der Waals surface area contributed by atoms with Crippen molar-refractivity contribution in [1.29, 1.82) is 0 Å². The summed E-state index contributed by atoms with van der Waals surface area (Å²) in [7, 11) is 0. The fourth-order valence-electron chi connectivity index (χ4n) is 1.70. The van der Waals surface area contributed by atoms with Crippen molar-refractivity contribution < 1.29 is 9.84 Å². The normalized spacial score (nSPS) is 33.2. The lowest BCUT2D eigenvalue weighted by molar-refractivity contribution is -0.0493. The molecule has 1 heterocycles. The molecular weight excluding hydrogens is 180 g/mol. The second kappa shape index (κ2) is 6.35. The van der Waals surface area contributed by atoms with Crippen LogP contribution in [0.1, 0.15) is 26.2 Å². The summed E-state index contributed by atoms with van der Waals surface area (Å²) in [5.41, 5.74) is 5.84. The fourth-order valence-corrected chi connectivity index (χ4v) is 1.70. The lowest BCUT2D eigenvalue weighted by Crippen LogP contribution is -2.45. The average molecular weight is 202 g/mol. The molecule has 0 aromatic heterocycles. The van der Waals surface area contributed by atoms with E-state index >= 15 is 0 Å². The Morgan fingerprint density at radius 1 is 1.50 bits per heavy atom. The van der Waals surface area contributed by atoms with E-state index < -0.39 is 0 Å². The highest BCUT2D eigenvalue weighted by molar-refractivity contribution is 4.79. The molecule has 14 heavy (non-hydrogen) atoms. The third-order valence-corrected chi connectivity index (χ3v) is 2.72. The summed E-state index contributed by atoms with van der Waals surface area (Å²) in [6.45, 7) is 4.01. The van der Waals surface area contributed by atoms with Crippen molar-refractivity contribution in [2.75, 3.05) is 19.7 Å². The minimum Gasteiger partial charge on any atom is -0.396 e. The van der Waals surface area contributed by atoms with Gasteiger partial charge in [-0.05, 0) is 32.7 Å². The van der Waals surface area contributed by atoms with E-state index in [2.05, 4.69) is 5.32 Å². The molecule has 0 aromatic rings. The summed E-state index contributed by atoms with van der Waals surface area (Å²) in [5, 5.41) is 11.9. The molecule has 0 radical (unpaired) electrons. The molecule has 84 valence electrons. The minimum absolute atomic E-state index is 0.174. The molecule has 3 atom stereocenters. The monoisotopic (exact) mass is 202 g/mol. The van der Waals surface area contributed by atoms with E-state index in [9.17, 15) is 0 Å². The molecule has 0 aliphatic carbocycles. The molecule has 4 heteroatoms. The van der Waals surface area contributed by atoms with Crippen molar-refractivity contribution in [1.82, 2.24) is 5.32 Å².